The highest BCUT2D eigenvalue weighted by molar-refractivity contribution is 5.89. The van der Waals surface area contributed by atoms with Crippen LogP contribution in [-0.2, 0) is 6.42 Å². The Morgan fingerprint density at radius 1 is 1.29 bits per heavy atom. The second-order valence-electron chi connectivity index (χ2n) is 7.38. The van der Waals surface area contributed by atoms with Gasteiger partial charge in [-0.1, -0.05) is 6.07 Å². The molecule has 7 heteroatoms. The second-order valence-corrected chi connectivity index (χ2v) is 7.38. The zero-order valence-corrected chi connectivity index (χ0v) is 16.1. The molecule has 1 aromatic carbocycles. The van der Waals surface area contributed by atoms with Crippen LogP contribution < -0.4 is 5.32 Å². The lowest BCUT2D eigenvalue weighted by molar-refractivity contribution is 0.220. The van der Waals surface area contributed by atoms with E-state index in [2.05, 4.69) is 32.4 Å². The van der Waals surface area contributed by atoms with Crippen LogP contribution in [0.3, 0.4) is 0 Å². The van der Waals surface area contributed by atoms with E-state index >= 15 is 0 Å². The summed E-state index contributed by atoms with van der Waals surface area (Å²) in [5, 5.41) is 10.3. The minimum atomic E-state index is -0.0422. The Morgan fingerprint density at radius 2 is 2.18 bits per heavy atom. The molecule has 3 heterocycles. The van der Waals surface area contributed by atoms with E-state index in [9.17, 15) is 4.79 Å². The Morgan fingerprint density at radius 3 is 2.96 bits per heavy atom. The highest BCUT2D eigenvalue weighted by Gasteiger charge is 2.27. The molecule has 0 spiro atoms. The molecule has 144 valence electrons. The van der Waals surface area contributed by atoms with E-state index in [1.54, 1.807) is 12.4 Å². The number of urea groups is 1. The third-order valence-corrected chi connectivity index (χ3v) is 5.26. The first kappa shape index (κ1) is 18.2. The van der Waals surface area contributed by atoms with E-state index in [4.69, 9.17) is 0 Å². The number of aromatic nitrogens is 4. The molecule has 1 atom stereocenters. The number of benzene rings is 1. The monoisotopic (exact) mass is 376 g/mol. The van der Waals surface area contributed by atoms with Crippen molar-refractivity contribution in [2.45, 2.75) is 26.7 Å². The highest BCUT2D eigenvalue weighted by Crippen LogP contribution is 2.22. The highest BCUT2D eigenvalue weighted by atomic mass is 16.2. The Balaban J connectivity index is 1.33. The molecule has 4 rings (SSSR count). The molecule has 2 aromatic heterocycles. The maximum Gasteiger partial charge on any atom is 0.321 e. The van der Waals surface area contributed by atoms with Crippen molar-refractivity contribution in [3.8, 4) is 11.4 Å². The fourth-order valence-corrected chi connectivity index (χ4v) is 3.49. The fourth-order valence-electron chi connectivity index (χ4n) is 3.49. The quantitative estimate of drug-likeness (QED) is 0.729. The molecule has 0 aliphatic carbocycles. The number of nitrogens with zero attached hydrogens (tertiary/aromatic N) is 4. The van der Waals surface area contributed by atoms with E-state index in [0.717, 1.165) is 43.0 Å². The molecule has 1 aliphatic rings. The predicted molar refractivity (Wildman–Crippen MR) is 108 cm³/mol. The van der Waals surface area contributed by atoms with Crippen molar-refractivity contribution in [1.82, 2.24) is 25.1 Å². The molecule has 7 nitrogen and oxygen atoms in total. The van der Waals surface area contributed by atoms with Crippen molar-refractivity contribution < 1.29 is 4.79 Å². The van der Waals surface area contributed by atoms with Gasteiger partial charge in [-0.2, -0.15) is 5.10 Å². The molecule has 2 N–H and O–H groups in total. The summed E-state index contributed by atoms with van der Waals surface area (Å²) in [6.07, 6.45) is 5.22. The van der Waals surface area contributed by atoms with Crippen LogP contribution >= 0.6 is 0 Å². The Kier molecular flexibility index (Phi) is 5.06. The van der Waals surface area contributed by atoms with Gasteiger partial charge < -0.3 is 10.2 Å². The van der Waals surface area contributed by atoms with Crippen LogP contribution in [0.15, 0.2) is 42.7 Å². The molecule has 0 radical (unpaired) electrons. The van der Waals surface area contributed by atoms with Gasteiger partial charge in [0.1, 0.15) is 5.82 Å². The van der Waals surface area contributed by atoms with Crippen LogP contribution in [0.4, 0.5) is 10.5 Å². The van der Waals surface area contributed by atoms with Gasteiger partial charge in [-0.3, -0.25) is 10.1 Å². The molecule has 1 aliphatic heterocycles. The van der Waals surface area contributed by atoms with Gasteiger partial charge >= 0.3 is 6.03 Å². The van der Waals surface area contributed by atoms with Gasteiger partial charge in [0.05, 0.1) is 0 Å². The van der Waals surface area contributed by atoms with Crippen LogP contribution in [-0.4, -0.2) is 44.2 Å². The minimum absolute atomic E-state index is 0.0422. The summed E-state index contributed by atoms with van der Waals surface area (Å²) in [5.41, 5.74) is 4.13. The number of aryl methyl sites for hydroxylation is 2. The number of pyridine rings is 1. The maximum atomic E-state index is 12.6. The van der Waals surface area contributed by atoms with Crippen LogP contribution in [0.1, 0.15) is 23.4 Å². The van der Waals surface area contributed by atoms with E-state index in [1.807, 2.05) is 42.2 Å². The number of likely N-dealkylation sites (tertiary alicyclic amines) is 1. The maximum absolute atomic E-state index is 12.6. The molecule has 0 bridgehead atoms. The molecule has 1 saturated heterocycles. The zero-order valence-electron chi connectivity index (χ0n) is 16.1. The van der Waals surface area contributed by atoms with Gasteiger partial charge in [0.15, 0.2) is 5.82 Å². The van der Waals surface area contributed by atoms with Gasteiger partial charge in [0, 0.05) is 43.2 Å². The topological polar surface area (TPSA) is 86.8 Å². The molecule has 3 aromatic rings. The van der Waals surface area contributed by atoms with Crippen molar-refractivity contribution in [1.29, 1.82) is 0 Å². The number of nitrogens with one attached hydrogen (secondary N) is 2. The summed E-state index contributed by atoms with van der Waals surface area (Å²) in [5.74, 6) is 1.88. The molecule has 0 saturated carbocycles. The number of carbonyl (C=O) groups is 1. The number of amides is 2. The molecule has 28 heavy (non-hydrogen) atoms. The van der Waals surface area contributed by atoms with Crippen molar-refractivity contribution in [2.75, 3.05) is 18.4 Å². The summed E-state index contributed by atoms with van der Waals surface area (Å²) < 4.78 is 0. The normalized spacial score (nSPS) is 16.4. The van der Waals surface area contributed by atoms with Gasteiger partial charge in [-0.15, -0.1) is 0 Å². The third-order valence-electron chi connectivity index (χ3n) is 5.26. The lowest BCUT2D eigenvalue weighted by Gasteiger charge is -2.17. The Labute approximate surface area is 164 Å². The standard InChI is InChI=1S/C21H24N6O/c1-14-5-6-18(10-15(14)2)23-21(28)27-9-7-16(13-27)11-19-24-20(26-25-19)17-4-3-8-22-12-17/h3-6,8,10,12,16H,7,9,11,13H2,1-2H3,(H,23,28)(H,24,25,26). The van der Waals surface area contributed by atoms with Crippen LogP contribution in [0, 0.1) is 19.8 Å². The molecular formula is C21H24N6O. The SMILES string of the molecule is Cc1ccc(NC(=O)N2CCC(Cc3nc(-c4cccnc4)n[nH]3)C2)cc1C. The summed E-state index contributed by atoms with van der Waals surface area (Å²) in [6.45, 7) is 5.59. The first-order chi connectivity index (χ1) is 13.6. The summed E-state index contributed by atoms with van der Waals surface area (Å²) in [6, 6.07) is 9.75. The molecule has 2 amide bonds. The smallest absolute Gasteiger partial charge is 0.321 e. The van der Waals surface area contributed by atoms with Crippen molar-refractivity contribution in [2.24, 2.45) is 5.92 Å². The number of hydrogen-bond donors (Lipinski definition) is 2. The van der Waals surface area contributed by atoms with Crippen molar-refractivity contribution >= 4 is 11.7 Å². The number of anilines is 1. The summed E-state index contributed by atoms with van der Waals surface area (Å²) in [4.78, 5) is 23.1. The average molecular weight is 376 g/mol. The lowest BCUT2D eigenvalue weighted by Crippen LogP contribution is -2.33. The largest absolute Gasteiger partial charge is 0.324 e. The molecule has 1 fully saturated rings. The van der Waals surface area contributed by atoms with E-state index in [1.165, 1.54) is 11.1 Å². The third kappa shape index (κ3) is 4.03. The number of aromatic amines is 1. The number of carbonyl (C=O) groups excluding carboxylic acids is 1. The summed E-state index contributed by atoms with van der Waals surface area (Å²) in [7, 11) is 0. The van der Waals surface area contributed by atoms with E-state index in [0.29, 0.717) is 11.7 Å². The number of rotatable bonds is 4. The van der Waals surface area contributed by atoms with Crippen molar-refractivity contribution in [3.63, 3.8) is 0 Å². The fraction of sp³-hybridized carbons (Fsp3) is 0.333. The molecular weight excluding hydrogens is 352 g/mol. The van der Waals surface area contributed by atoms with Crippen LogP contribution in [0.25, 0.3) is 11.4 Å². The van der Waals surface area contributed by atoms with E-state index in [-0.39, 0.29) is 6.03 Å². The first-order valence-electron chi connectivity index (χ1n) is 9.53. The number of hydrogen-bond acceptors (Lipinski definition) is 4. The Bertz CT molecular complexity index is 968. The van der Waals surface area contributed by atoms with Gasteiger partial charge in [0.25, 0.3) is 0 Å². The predicted octanol–water partition coefficient (Wildman–Crippen LogP) is 3.58. The van der Waals surface area contributed by atoms with Crippen LogP contribution in [0.5, 0.6) is 0 Å². The first-order valence-corrected chi connectivity index (χ1v) is 9.53. The van der Waals surface area contributed by atoms with Crippen molar-refractivity contribution in [3.05, 3.63) is 59.7 Å². The summed E-state index contributed by atoms with van der Waals surface area (Å²) >= 11 is 0. The average Bonchev–Trinajstić information content (AvgIpc) is 3.36. The van der Waals surface area contributed by atoms with Gasteiger partial charge in [0.2, 0.25) is 0 Å². The second kappa shape index (κ2) is 7.80. The van der Waals surface area contributed by atoms with Gasteiger partial charge in [-0.25, -0.2) is 9.78 Å². The van der Waals surface area contributed by atoms with E-state index < -0.39 is 0 Å². The zero-order chi connectivity index (χ0) is 19.5. The minimum Gasteiger partial charge on any atom is -0.324 e. The van der Waals surface area contributed by atoms with Gasteiger partial charge in [-0.05, 0) is 61.6 Å². The lowest BCUT2D eigenvalue weighted by atomic mass is 10.1. The molecule has 1 unspecified atom stereocenters. The Hall–Kier alpha value is -3.22. The number of H-pyrrole nitrogens is 1. The van der Waals surface area contributed by atoms with Crippen LogP contribution in [0.2, 0.25) is 0 Å².